The number of aromatic nitrogens is 2. The molecule has 0 aromatic carbocycles. The highest BCUT2D eigenvalue weighted by Gasteiger charge is 2.36. The predicted molar refractivity (Wildman–Crippen MR) is 55.4 cm³/mol. The van der Waals surface area contributed by atoms with Crippen molar-refractivity contribution in [1.82, 2.24) is 10.1 Å². The van der Waals surface area contributed by atoms with Crippen LogP contribution in [0.4, 0.5) is 0 Å². The van der Waals surface area contributed by atoms with E-state index in [9.17, 15) is 8.42 Å². The molecule has 2 unspecified atom stereocenters. The maximum absolute atomic E-state index is 11.6. The molecule has 1 saturated heterocycles. The first-order chi connectivity index (χ1) is 7.49. The third kappa shape index (κ3) is 2.25. The zero-order chi connectivity index (χ0) is 11.8. The number of aliphatic hydroxyl groups excluding tert-OH is 1. The third-order valence-corrected chi connectivity index (χ3v) is 4.74. The fourth-order valence-corrected chi connectivity index (χ4v) is 3.61. The summed E-state index contributed by atoms with van der Waals surface area (Å²) < 4.78 is 28.1. The molecule has 0 spiro atoms. The van der Waals surface area contributed by atoms with E-state index in [0.717, 1.165) is 0 Å². The highest BCUT2D eigenvalue weighted by Crippen LogP contribution is 2.32. The summed E-state index contributed by atoms with van der Waals surface area (Å²) in [6, 6.07) is 0. The van der Waals surface area contributed by atoms with Gasteiger partial charge in [-0.05, 0) is 19.8 Å². The molecule has 0 aliphatic carbocycles. The van der Waals surface area contributed by atoms with Gasteiger partial charge in [-0.1, -0.05) is 5.16 Å². The molecule has 1 aromatic heterocycles. The van der Waals surface area contributed by atoms with Crippen LogP contribution in [-0.4, -0.2) is 35.5 Å². The maximum atomic E-state index is 11.6. The number of hydrogen-bond acceptors (Lipinski definition) is 6. The van der Waals surface area contributed by atoms with Crippen molar-refractivity contribution in [3.8, 4) is 0 Å². The van der Waals surface area contributed by atoms with E-state index in [-0.39, 0.29) is 23.9 Å². The number of sulfone groups is 1. The molecule has 16 heavy (non-hydrogen) atoms. The van der Waals surface area contributed by atoms with Gasteiger partial charge in [-0.25, -0.2) is 8.42 Å². The summed E-state index contributed by atoms with van der Waals surface area (Å²) in [6.07, 6.45) is 0.872. The molecule has 7 heteroatoms. The molecule has 1 aliphatic rings. The van der Waals surface area contributed by atoms with Crippen LogP contribution in [-0.2, 0) is 16.3 Å². The molecule has 90 valence electrons. The van der Waals surface area contributed by atoms with Crippen LogP contribution in [0.2, 0.25) is 0 Å². The normalized spacial score (nSPS) is 25.8. The van der Waals surface area contributed by atoms with Gasteiger partial charge in [0.25, 0.3) is 0 Å². The maximum Gasteiger partial charge on any atom is 0.229 e. The smallest absolute Gasteiger partial charge is 0.229 e. The minimum atomic E-state index is -3.10. The summed E-state index contributed by atoms with van der Waals surface area (Å²) >= 11 is 0. The Morgan fingerprint density at radius 2 is 2.38 bits per heavy atom. The summed E-state index contributed by atoms with van der Waals surface area (Å²) in [5.41, 5.74) is 0. The van der Waals surface area contributed by atoms with Crippen molar-refractivity contribution in [1.29, 1.82) is 0 Å². The Kier molecular flexibility index (Phi) is 2.98. The summed E-state index contributed by atoms with van der Waals surface area (Å²) in [5.74, 6) is 0.707. The van der Waals surface area contributed by atoms with Crippen molar-refractivity contribution in [3.63, 3.8) is 0 Å². The predicted octanol–water partition coefficient (Wildman–Crippen LogP) is 0.243. The molecular weight excluding hydrogens is 232 g/mol. The second-order valence-electron chi connectivity index (χ2n) is 4.10. The van der Waals surface area contributed by atoms with Crippen LogP contribution in [0, 0.1) is 0 Å². The summed E-state index contributed by atoms with van der Waals surface area (Å²) in [5, 5.41) is 12.2. The summed E-state index contributed by atoms with van der Waals surface area (Å²) in [7, 11) is -3.10. The lowest BCUT2D eigenvalue weighted by atomic mass is 10.2. The standard InChI is InChI=1S/C9H14N2O4S/c1-6(12)5-8-10-9(11-15-8)7-3-2-4-16(7,13)14/h6-7,12H,2-5H2,1H3. The van der Waals surface area contributed by atoms with Crippen LogP contribution in [0.15, 0.2) is 4.52 Å². The summed E-state index contributed by atoms with van der Waals surface area (Å²) in [6.45, 7) is 1.61. The monoisotopic (exact) mass is 246 g/mol. The van der Waals surface area contributed by atoms with Crippen molar-refractivity contribution in [2.75, 3.05) is 5.75 Å². The lowest BCUT2D eigenvalue weighted by molar-refractivity contribution is 0.181. The Morgan fingerprint density at radius 1 is 1.62 bits per heavy atom. The lowest BCUT2D eigenvalue weighted by Crippen LogP contribution is -2.10. The number of rotatable bonds is 3. The van der Waals surface area contributed by atoms with Crippen molar-refractivity contribution < 1.29 is 18.0 Å². The molecule has 0 amide bonds. The average Bonchev–Trinajstić information content (AvgIpc) is 2.70. The van der Waals surface area contributed by atoms with E-state index in [1.165, 1.54) is 0 Å². The van der Waals surface area contributed by atoms with Crippen molar-refractivity contribution in [2.45, 2.75) is 37.5 Å². The fraction of sp³-hybridized carbons (Fsp3) is 0.778. The zero-order valence-corrected chi connectivity index (χ0v) is 9.77. The average molecular weight is 246 g/mol. The van der Waals surface area contributed by atoms with Gasteiger partial charge in [-0.3, -0.25) is 0 Å². The first kappa shape index (κ1) is 11.5. The highest BCUT2D eigenvalue weighted by atomic mass is 32.2. The largest absolute Gasteiger partial charge is 0.393 e. The molecule has 2 atom stereocenters. The number of hydrogen-bond donors (Lipinski definition) is 1. The second kappa shape index (κ2) is 4.14. The van der Waals surface area contributed by atoms with Crippen LogP contribution >= 0.6 is 0 Å². The van der Waals surface area contributed by atoms with Crippen LogP contribution in [0.25, 0.3) is 0 Å². The number of aliphatic hydroxyl groups is 1. The van der Waals surface area contributed by atoms with Gasteiger partial charge in [0.1, 0.15) is 5.25 Å². The van der Waals surface area contributed by atoms with E-state index in [4.69, 9.17) is 9.63 Å². The van der Waals surface area contributed by atoms with E-state index < -0.39 is 21.2 Å². The fourth-order valence-electron chi connectivity index (χ4n) is 1.82. The molecule has 1 aromatic rings. The van der Waals surface area contributed by atoms with Crippen molar-refractivity contribution in [3.05, 3.63) is 11.7 Å². The van der Waals surface area contributed by atoms with Crippen LogP contribution in [0.1, 0.15) is 36.7 Å². The SMILES string of the molecule is CC(O)Cc1nc(C2CCCS2(=O)=O)no1. The second-order valence-corrected chi connectivity index (χ2v) is 6.40. The van der Waals surface area contributed by atoms with Crippen molar-refractivity contribution >= 4 is 9.84 Å². The number of nitrogens with zero attached hydrogens (tertiary/aromatic N) is 2. The molecule has 6 nitrogen and oxygen atoms in total. The Bertz CT molecular complexity index is 466. The van der Waals surface area contributed by atoms with Gasteiger partial charge in [-0.15, -0.1) is 0 Å². The van der Waals surface area contributed by atoms with Crippen LogP contribution < -0.4 is 0 Å². The van der Waals surface area contributed by atoms with Crippen LogP contribution in [0.5, 0.6) is 0 Å². The summed E-state index contributed by atoms with van der Waals surface area (Å²) in [4.78, 5) is 4.01. The van der Waals surface area contributed by atoms with E-state index in [1.54, 1.807) is 6.92 Å². The lowest BCUT2D eigenvalue weighted by Gasteiger charge is -2.01. The molecule has 1 fully saturated rings. The Hall–Kier alpha value is -0.950. The van der Waals surface area contributed by atoms with Crippen LogP contribution in [0.3, 0.4) is 0 Å². The Morgan fingerprint density at radius 3 is 2.94 bits per heavy atom. The van der Waals surface area contributed by atoms with Gasteiger partial charge in [0.15, 0.2) is 15.7 Å². The minimum Gasteiger partial charge on any atom is -0.393 e. The van der Waals surface area contributed by atoms with E-state index in [0.29, 0.717) is 12.8 Å². The molecule has 1 aliphatic heterocycles. The molecule has 0 bridgehead atoms. The van der Waals surface area contributed by atoms with Gasteiger partial charge in [-0.2, -0.15) is 4.98 Å². The first-order valence-electron chi connectivity index (χ1n) is 5.21. The minimum absolute atomic E-state index is 0.192. The van der Waals surface area contributed by atoms with Gasteiger partial charge in [0.2, 0.25) is 5.89 Å². The van der Waals surface area contributed by atoms with E-state index in [1.807, 2.05) is 0 Å². The molecule has 1 N–H and O–H groups in total. The first-order valence-corrected chi connectivity index (χ1v) is 6.92. The molecule has 0 radical (unpaired) electrons. The van der Waals surface area contributed by atoms with E-state index >= 15 is 0 Å². The Balaban J connectivity index is 2.19. The third-order valence-electron chi connectivity index (χ3n) is 2.57. The zero-order valence-electron chi connectivity index (χ0n) is 8.96. The molecule has 2 rings (SSSR count). The molecule has 0 saturated carbocycles. The van der Waals surface area contributed by atoms with Gasteiger partial charge in [0.05, 0.1) is 18.3 Å². The van der Waals surface area contributed by atoms with Gasteiger partial charge < -0.3 is 9.63 Å². The topological polar surface area (TPSA) is 93.3 Å². The van der Waals surface area contributed by atoms with Gasteiger partial charge >= 0.3 is 0 Å². The Labute approximate surface area is 93.6 Å². The van der Waals surface area contributed by atoms with E-state index in [2.05, 4.69) is 10.1 Å². The van der Waals surface area contributed by atoms with Crippen molar-refractivity contribution in [2.24, 2.45) is 0 Å². The highest BCUT2D eigenvalue weighted by molar-refractivity contribution is 7.91. The quantitative estimate of drug-likeness (QED) is 0.821. The molecule has 2 heterocycles. The molecular formula is C9H14N2O4S. The van der Waals surface area contributed by atoms with Gasteiger partial charge in [0, 0.05) is 0 Å².